The molecule has 2 amide bonds. The van der Waals surface area contributed by atoms with Crippen LogP contribution in [-0.4, -0.2) is 57.0 Å². The lowest BCUT2D eigenvalue weighted by Crippen LogP contribution is -2.80. The average Bonchev–Trinajstić information content (AvgIpc) is 3.59. The van der Waals surface area contributed by atoms with E-state index < -0.39 is 40.2 Å². The molecule has 2 aromatic carbocycles. The summed E-state index contributed by atoms with van der Waals surface area (Å²) >= 11 is 0.947. The number of nitrogens with zero attached hydrogens (tertiary/aromatic N) is 1. The molecule has 2 heterocycles. The van der Waals surface area contributed by atoms with Crippen molar-refractivity contribution >= 4 is 35.3 Å². The number of β-lactam (4-membered cyclic amide) rings is 1. The van der Waals surface area contributed by atoms with Gasteiger partial charge in [0, 0.05) is 13.3 Å². The topological polar surface area (TPSA) is 122 Å². The fraction of sp³-hybridized carbons (Fsp3) is 0.226. The molecule has 0 aromatic heterocycles. The number of hydrogen-bond donors (Lipinski definition) is 2. The Morgan fingerprint density at radius 1 is 1.00 bits per heavy atom. The van der Waals surface area contributed by atoms with Crippen molar-refractivity contribution in [3.63, 3.8) is 0 Å². The molecular weight excluding hydrogens is 544 g/mol. The molecule has 0 spiro atoms. The second kappa shape index (κ2) is 11.7. The smallest absolute Gasteiger partial charge is 0.334 e. The summed E-state index contributed by atoms with van der Waals surface area (Å²) in [6.45, 7) is 1.43. The van der Waals surface area contributed by atoms with Crippen molar-refractivity contribution in [3.05, 3.63) is 108 Å². The molecule has 3 unspecified atom stereocenters. The van der Waals surface area contributed by atoms with E-state index in [1.807, 2.05) is 36.4 Å². The number of hydrogen-bond acceptors (Lipinski definition) is 7. The van der Waals surface area contributed by atoms with Gasteiger partial charge in [-0.05, 0) is 35.2 Å². The Hall–Kier alpha value is -4.25. The molecule has 210 valence electrons. The monoisotopic (exact) mass is 572 g/mol. The number of carbonyl (C=O) groups is 4. The number of carboxylic acid groups (broad SMARTS) is 1. The van der Waals surface area contributed by atoms with Crippen LogP contribution in [0.4, 0.5) is 0 Å². The Balaban J connectivity index is 0.000000490. The molecule has 0 radical (unpaired) electrons. The highest BCUT2D eigenvalue weighted by molar-refractivity contribution is 8.01. The first-order chi connectivity index (χ1) is 19.7. The summed E-state index contributed by atoms with van der Waals surface area (Å²) in [6, 6.07) is 26.7. The van der Waals surface area contributed by atoms with Crippen molar-refractivity contribution in [2.45, 2.75) is 36.0 Å². The normalized spacial score (nSPS) is 22.1. The molecule has 2 aliphatic carbocycles. The third-order valence-corrected chi connectivity index (χ3v) is 8.61. The van der Waals surface area contributed by atoms with E-state index in [0.29, 0.717) is 5.56 Å². The van der Waals surface area contributed by atoms with E-state index in [1.165, 1.54) is 30.1 Å². The molecule has 6 rings (SSSR count). The zero-order valence-corrected chi connectivity index (χ0v) is 23.2. The van der Waals surface area contributed by atoms with Gasteiger partial charge in [0.05, 0.1) is 17.4 Å². The van der Waals surface area contributed by atoms with Gasteiger partial charge in [-0.3, -0.25) is 19.3 Å². The minimum Gasteiger partial charge on any atom is -0.478 e. The number of methoxy groups -OCH3 is 1. The molecule has 2 aromatic rings. The Bertz CT molecular complexity index is 1490. The molecule has 1 saturated heterocycles. The van der Waals surface area contributed by atoms with E-state index in [2.05, 4.69) is 29.6 Å². The first-order valence-electron chi connectivity index (χ1n) is 12.9. The molecule has 2 aliphatic heterocycles. The van der Waals surface area contributed by atoms with Crippen molar-refractivity contribution in [1.29, 1.82) is 0 Å². The molecule has 4 atom stereocenters. The van der Waals surface area contributed by atoms with Gasteiger partial charge in [-0.1, -0.05) is 78.9 Å². The maximum absolute atomic E-state index is 13.5. The van der Waals surface area contributed by atoms with E-state index in [4.69, 9.17) is 9.47 Å². The molecule has 0 bridgehead atoms. The number of nitrogens with one attached hydrogen (secondary N) is 1. The lowest BCUT2D eigenvalue weighted by Gasteiger charge is -2.55. The molecule has 10 heteroatoms. The quantitative estimate of drug-likeness (QED) is 0.229. The fourth-order valence-electron chi connectivity index (χ4n) is 4.71. The summed E-state index contributed by atoms with van der Waals surface area (Å²) in [5.74, 6) is -2.91. The molecule has 2 N–H and O–H groups in total. The molecule has 41 heavy (non-hydrogen) atoms. The Morgan fingerprint density at radius 2 is 1.63 bits per heavy atom. The number of thioether (sulfide) groups is 1. The van der Waals surface area contributed by atoms with Gasteiger partial charge in [0.25, 0.3) is 17.5 Å². The maximum Gasteiger partial charge on any atom is 0.334 e. The second-order valence-corrected chi connectivity index (χ2v) is 10.9. The predicted molar refractivity (Wildman–Crippen MR) is 152 cm³/mol. The maximum atomic E-state index is 13.5. The van der Waals surface area contributed by atoms with Gasteiger partial charge in [0.15, 0.2) is 6.10 Å². The van der Waals surface area contributed by atoms with E-state index >= 15 is 0 Å². The van der Waals surface area contributed by atoms with Gasteiger partial charge >= 0.3 is 5.97 Å². The molecule has 4 aliphatic rings. The number of rotatable bonds is 9. The van der Waals surface area contributed by atoms with Gasteiger partial charge in [-0.15, -0.1) is 11.8 Å². The van der Waals surface area contributed by atoms with Crippen LogP contribution in [0.2, 0.25) is 0 Å². The zero-order chi connectivity index (χ0) is 29.1. The number of aliphatic carboxylic acids is 1. The first kappa shape index (κ1) is 28.3. The minimum atomic E-state index is -1.78. The lowest BCUT2D eigenvalue weighted by atomic mass is 9.99. The summed E-state index contributed by atoms with van der Waals surface area (Å²) in [7, 11) is 1.28. The Morgan fingerprint density at radius 3 is 2.15 bits per heavy atom. The highest BCUT2D eigenvalue weighted by Crippen LogP contribution is 2.47. The summed E-state index contributed by atoms with van der Waals surface area (Å²) in [5, 5.41) is 10.3. The summed E-state index contributed by atoms with van der Waals surface area (Å²) < 4.78 is 11.5. The van der Waals surface area contributed by atoms with E-state index in [-0.39, 0.29) is 18.0 Å². The van der Waals surface area contributed by atoms with Gasteiger partial charge in [0.1, 0.15) is 11.2 Å². The minimum absolute atomic E-state index is 0.156. The summed E-state index contributed by atoms with van der Waals surface area (Å²) in [4.78, 5) is 51.4. The molecule has 9 nitrogen and oxygen atoms in total. The summed E-state index contributed by atoms with van der Waals surface area (Å²) in [6.07, 6.45) is 0.0923. The standard InChI is InChI=1S/C25H24N2O7S.C6H4/c1-15(28)20-18(22(30)31)13-27-23(32)25(33-2,24(27)35-20)26-21(29)19(17-11-7-4-8-12-17)34-14-16-9-5-3-6-10-16;1-2-5-4-6(5)3-1/h3-13,19-20,24H,14H2,1-2H3,(H,26,29)(H,30,31);1-4H/t19?,20?,24-,25?;/m1./s1. The molecular formula is C31H28N2O7S. The molecule has 0 saturated carbocycles. The van der Waals surface area contributed by atoms with E-state index in [9.17, 15) is 24.3 Å². The second-order valence-electron chi connectivity index (χ2n) is 9.68. The number of ketones is 1. The van der Waals surface area contributed by atoms with Crippen molar-refractivity contribution in [2.75, 3.05) is 7.11 Å². The highest BCUT2D eigenvalue weighted by Gasteiger charge is 2.66. The lowest BCUT2D eigenvalue weighted by molar-refractivity contribution is -0.191. The van der Waals surface area contributed by atoms with E-state index in [0.717, 1.165) is 23.5 Å². The number of Topliss-reactive ketones (excluding diaryl/α,β-unsaturated/α-hetero) is 1. The number of amides is 2. The van der Waals surface area contributed by atoms with Crippen LogP contribution in [0, 0.1) is 0 Å². The van der Waals surface area contributed by atoms with Gasteiger partial charge in [-0.25, -0.2) is 4.79 Å². The van der Waals surface area contributed by atoms with Crippen LogP contribution in [-0.2, 0) is 35.3 Å². The number of carboxylic acids is 1. The van der Waals surface area contributed by atoms with Crippen LogP contribution in [0.1, 0.15) is 24.2 Å². The third kappa shape index (κ3) is 5.67. The van der Waals surface area contributed by atoms with Gasteiger partial charge in [0.2, 0.25) is 0 Å². The molecule has 1 fully saturated rings. The van der Waals surface area contributed by atoms with Crippen LogP contribution in [0.3, 0.4) is 0 Å². The zero-order valence-electron chi connectivity index (χ0n) is 22.4. The number of ether oxygens (including phenoxy) is 2. The van der Waals surface area contributed by atoms with Crippen LogP contribution >= 0.6 is 11.8 Å². The SMILES string of the molecule is COC1(NC(=O)C(OCc2ccccc2)c2ccccc2)C(=O)N2C=C(C(=O)O)C(C(C)=O)S[C@@H]21.c1cc2cc-2c1. The van der Waals surface area contributed by atoms with Gasteiger partial charge < -0.3 is 19.9 Å². The number of carbonyl (C=O) groups excluding carboxylic acids is 3. The van der Waals surface area contributed by atoms with E-state index in [1.54, 1.807) is 24.3 Å². The summed E-state index contributed by atoms with van der Waals surface area (Å²) in [5.41, 5.74) is 2.33. The van der Waals surface area contributed by atoms with Crippen LogP contribution in [0.25, 0.3) is 11.1 Å². The van der Waals surface area contributed by atoms with Gasteiger partial charge in [-0.2, -0.15) is 0 Å². The first-order valence-corrected chi connectivity index (χ1v) is 13.8. The van der Waals surface area contributed by atoms with Crippen LogP contribution < -0.4 is 5.32 Å². The largest absolute Gasteiger partial charge is 0.478 e. The van der Waals surface area contributed by atoms with Crippen molar-refractivity contribution < 1.29 is 33.8 Å². The Kier molecular flexibility index (Phi) is 8.07. The highest BCUT2D eigenvalue weighted by atomic mass is 32.2. The fourth-order valence-corrected chi connectivity index (χ4v) is 6.20. The third-order valence-electron chi connectivity index (χ3n) is 6.94. The van der Waals surface area contributed by atoms with Crippen molar-refractivity contribution in [1.82, 2.24) is 10.2 Å². The number of fused-ring (bicyclic) bond motifs is 2. The van der Waals surface area contributed by atoms with Crippen molar-refractivity contribution in [3.8, 4) is 11.1 Å². The predicted octanol–water partition coefficient (Wildman–Crippen LogP) is 3.91. The number of benzene rings is 3. The Labute approximate surface area is 241 Å². The van der Waals surface area contributed by atoms with Crippen molar-refractivity contribution in [2.24, 2.45) is 0 Å². The van der Waals surface area contributed by atoms with Crippen LogP contribution in [0.5, 0.6) is 0 Å². The average molecular weight is 573 g/mol. The van der Waals surface area contributed by atoms with Crippen LogP contribution in [0.15, 0.2) is 96.7 Å².